The third-order valence-electron chi connectivity index (χ3n) is 5.43. The predicted octanol–water partition coefficient (Wildman–Crippen LogP) is 4.76. The van der Waals surface area contributed by atoms with E-state index in [0.29, 0.717) is 6.04 Å². The molecule has 1 N–H and O–H groups in total. The summed E-state index contributed by atoms with van der Waals surface area (Å²) >= 11 is 0. The molecular weight excluding hydrogens is 258 g/mol. The Morgan fingerprint density at radius 1 is 1.10 bits per heavy atom. The van der Waals surface area contributed by atoms with E-state index < -0.39 is 0 Å². The first kappa shape index (κ1) is 14.9. The van der Waals surface area contributed by atoms with Gasteiger partial charge in [0.1, 0.15) is 0 Å². The minimum absolute atomic E-state index is 0.644. The number of aryl methyl sites for hydroxylation is 1. The zero-order valence-corrected chi connectivity index (χ0v) is 13.8. The second kappa shape index (κ2) is 6.85. The molecule has 0 unspecified atom stereocenters. The largest absolute Gasteiger partial charge is 0.353 e. The summed E-state index contributed by atoms with van der Waals surface area (Å²) in [7, 11) is 0. The molecular formula is C18H31N3. The first-order chi connectivity index (χ1) is 10.2. The SMILES string of the molecule is Cc1cn(CC2CCC(C)CC2)c(NC2CCCCC2)n1. The molecule has 2 aliphatic rings. The van der Waals surface area contributed by atoms with Crippen molar-refractivity contribution in [2.45, 2.75) is 84.2 Å². The highest BCUT2D eigenvalue weighted by Crippen LogP contribution is 2.30. The zero-order chi connectivity index (χ0) is 14.7. The Kier molecular flexibility index (Phi) is 4.87. The third-order valence-corrected chi connectivity index (χ3v) is 5.43. The summed E-state index contributed by atoms with van der Waals surface area (Å²) in [5.41, 5.74) is 1.15. The van der Waals surface area contributed by atoms with Crippen LogP contribution in [-0.4, -0.2) is 15.6 Å². The van der Waals surface area contributed by atoms with E-state index in [4.69, 9.17) is 4.98 Å². The molecule has 1 aromatic heterocycles. The number of anilines is 1. The molecule has 0 saturated heterocycles. The van der Waals surface area contributed by atoms with Crippen LogP contribution in [-0.2, 0) is 6.54 Å². The number of hydrogen-bond donors (Lipinski definition) is 1. The fourth-order valence-electron chi connectivity index (χ4n) is 4.02. The van der Waals surface area contributed by atoms with Crippen molar-refractivity contribution in [1.29, 1.82) is 0 Å². The molecule has 2 saturated carbocycles. The molecule has 118 valence electrons. The number of hydrogen-bond acceptors (Lipinski definition) is 2. The quantitative estimate of drug-likeness (QED) is 0.866. The van der Waals surface area contributed by atoms with Gasteiger partial charge in [0, 0.05) is 18.8 Å². The first-order valence-electron chi connectivity index (χ1n) is 9.01. The lowest BCUT2D eigenvalue weighted by Gasteiger charge is -2.28. The highest BCUT2D eigenvalue weighted by Gasteiger charge is 2.21. The van der Waals surface area contributed by atoms with Gasteiger partial charge in [-0.2, -0.15) is 0 Å². The Morgan fingerprint density at radius 3 is 2.52 bits per heavy atom. The van der Waals surface area contributed by atoms with Crippen molar-refractivity contribution in [3.05, 3.63) is 11.9 Å². The molecule has 3 heteroatoms. The van der Waals surface area contributed by atoms with Crippen LogP contribution in [0.25, 0.3) is 0 Å². The Morgan fingerprint density at radius 2 is 1.81 bits per heavy atom. The summed E-state index contributed by atoms with van der Waals surface area (Å²) in [4.78, 5) is 4.74. The highest BCUT2D eigenvalue weighted by molar-refractivity contribution is 5.30. The van der Waals surface area contributed by atoms with Gasteiger partial charge >= 0.3 is 0 Å². The molecule has 0 amide bonds. The van der Waals surface area contributed by atoms with Gasteiger partial charge in [0.15, 0.2) is 0 Å². The fraction of sp³-hybridized carbons (Fsp3) is 0.833. The monoisotopic (exact) mass is 289 g/mol. The minimum Gasteiger partial charge on any atom is -0.353 e. The zero-order valence-electron chi connectivity index (χ0n) is 13.8. The van der Waals surface area contributed by atoms with Crippen molar-refractivity contribution in [1.82, 2.24) is 9.55 Å². The fourth-order valence-corrected chi connectivity index (χ4v) is 4.02. The molecule has 21 heavy (non-hydrogen) atoms. The molecule has 0 aliphatic heterocycles. The molecule has 2 fully saturated rings. The lowest BCUT2D eigenvalue weighted by Crippen LogP contribution is -2.25. The number of imidazole rings is 1. The van der Waals surface area contributed by atoms with Crippen LogP contribution < -0.4 is 5.32 Å². The van der Waals surface area contributed by atoms with Crippen LogP contribution in [0.4, 0.5) is 5.95 Å². The smallest absolute Gasteiger partial charge is 0.203 e. The number of rotatable bonds is 4. The van der Waals surface area contributed by atoms with Gasteiger partial charge in [0.2, 0.25) is 5.95 Å². The van der Waals surface area contributed by atoms with E-state index >= 15 is 0 Å². The van der Waals surface area contributed by atoms with Crippen molar-refractivity contribution in [3.8, 4) is 0 Å². The molecule has 3 nitrogen and oxygen atoms in total. The van der Waals surface area contributed by atoms with Gasteiger partial charge in [-0.1, -0.05) is 39.0 Å². The van der Waals surface area contributed by atoms with E-state index in [9.17, 15) is 0 Å². The molecule has 1 heterocycles. The lowest BCUT2D eigenvalue weighted by molar-refractivity contribution is 0.265. The van der Waals surface area contributed by atoms with Crippen molar-refractivity contribution >= 4 is 5.95 Å². The normalized spacial score (nSPS) is 27.7. The number of nitrogens with zero attached hydrogens (tertiary/aromatic N) is 2. The average molecular weight is 289 g/mol. The van der Waals surface area contributed by atoms with Gasteiger partial charge in [-0.25, -0.2) is 4.98 Å². The van der Waals surface area contributed by atoms with Crippen LogP contribution >= 0.6 is 0 Å². The van der Waals surface area contributed by atoms with Crippen molar-refractivity contribution in [3.63, 3.8) is 0 Å². The van der Waals surface area contributed by atoms with Crippen LogP contribution in [0.1, 0.15) is 70.4 Å². The van der Waals surface area contributed by atoms with E-state index in [2.05, 4.69) is 29.9 Å². The molecule has 0 spiro atoms. The Balaban J connectivity index is 1.61. The van der Waals surface area contributed by atoms with Gasteiger partial charge in [-0.3, -0.25) is 0 Å². The Hall–Kier alpha value is -0.990. The lowest BCUT2D eigenvalue weighted by atomic mass is 9.83. The van der Waals surface area contributed by atoms with E-state index in [1.165, 1.54) is 57.8 Å². The summed E-state index contributed by atoms with van der Waals surface area (Å²) < 4.78 is 2.39. The summed E-state index contributed by atoms with van der Waals surface area (Å²) in [5, 5.41) is 3.72. The van der Waals surface area contributed by atoms with Gasteiger partial charge < -0.3 is 9.88 Å². The Labute approximate surface area is 129 Å². The summed E-state index contributed by atoms with van der Waals surface area (Å²) in [6.45, 7) is 5.67. The van der Waals surface area contributed by atoms with Crippen LogP contribution in [0, 0.1) is 18.8 Å². The number of aromatic nitrogens is 2. The van der Waals surface area contributed by atoms with E-state index in [1.54, 1.807) is 0 Å². The molecule has 0 aromatic carbocycles. The Bertz CT molecular complexity index is 437. The third kappa shape index (κ3) is 4.02. The molecule has 1 aromatic rings. The van der Waals surface area contributed by atoms with Crippen LogP contribution in [0.2, 0.25) is 0 Å². The molecule has 0 atom stereocenters. The number of nitrogens with one attached hydrogen (secondary N) is 1. The first-order valence-corrected chi connectivity index (χ1v) is 9.01. The van der Waals surface area contributed by atoms with Gasteiger partial charge in [0.25, 0.3) is 0 Å². The second-order valence-electron chi connectivity index (χ2n) is 7.46. The molecule has 0 radical (unpaired) electrons. The van der Waals surface area contributed by atoms with E-state index in [1.807, 2.05) is 0 Å². The van der Waals surface area contributed by atoms with Crippen LogP contribution in [0.5, 0.6) is 0 Å². The van der Waals surface area contributed by atoms with Crippen molar-refractivity contribution in [2.75, 3.05) is 5.32 Å². The van der Waals surface area contributed by atoms with Crippen LogP contribution in [0.15, 0.2) is 6.20 Å². The highest BCUT2D eigenvalue weighted by atomic mass is 15.2. The summed E-state index contributed by atoms with van der Waals surface area (Å²) in [5.74, 6) is 2.91. The van der Waals surface area contributed by atoms with Crippen molar-refractivity contribution in [2.24, 2.45) is 11.8 Å². The standard InChI is InChI=1S/C18H31N3/c1-14-8-10-16(11-9-14)13-21-12-15(2)19-18(21)20-17-6-4-3-5-7-17/h12,14,16-17H,3-11,13H2,1-2H3,(H,19,20). The average Bonchev–Trinajstić information content (AvgIpc) is 2.82. The second-order valence-corrected chi connectivity index (χ2v) is 7.46. The van der Waals surface area contributed by atoms with E-state index in [0.717, 1.165) is 30.0 Å². The summed E-state index contributed by atoms with van der Waals surface area (Å²) in [6, 6.07) is 0.644. The van der Waals surface area contributed by atoms with Crippen molar-refractivity contribution < 1.29 is 0 Å². The van der Waals surface area contributed by atoms with Gasteiger partial charge in [-0.05, 0) is 44.4 Å². The maximum atomic E-state index is 4.74. The molecule has 3 rings (SSSR count). The van der Waals surface area contributed by atoms with E-state index in [-0.39, 0.29) is 0 Å². The topological polar surface area (TPSA) is 29.9 Å². The maximum absolute atomic E-state index is 4.74. The molecule has 0 bridgehead atoms. The van der Waals surface area contributed by atoms with Gasteiger partial charge in [-0.15, -0.1) is 0 Å². The minimum atomic E-state index is 0.644. The maximum Gasteiger partial charge on any atom is 0.203 e. The van der Waals surface area contributed by atoms with Crippen LogP contribution in [0.3, 0.4) is 0 Å². The predicted molar refractivity (Wildman–Crippen MR) is 88.6 cm³/mol. The molecule has 2 aliphatic carbocycles. The summed E-state index contributed by atoms with van der Waals surface area (Å²) in [6.07, 6.45) is 14.6. The van der Waals surface area contributed by atoms with Gasteiger partial charge in [0.05, 0.1) is 5.69 Å².